The molecule has 1 atom stereocenters. The van der Waals surface area contributed by atoms with E-state index in [0.29, 0.717) is 33.4 Å². The molecule has 0 aliphatic heterocycles. The number of hydrogen-bond acceptors (Lipinski definition) is 9. The van der Waals surface area contributed by atoms with E-state index >= 15 is 0 Å². The summed E-state index contributed by atoms with van der Waals surface area (Å²) in [4.78, 5) is 44.8. The second-order valence-corrected chi connectivity index (χ2v) is 12.5. The molecular weight excluding hydrogens is 637 g/mol. The third kappa shape index (κ3) is 8.48. The fourth-order valence-corrected chi connectivity index (χ4v) is 6.18. The van der Waals surface area contributed by atoms with Gasteiger partial charge in [-0.1, -0.05) is 29.5 Å². The topological polar surface area (TPSA) is 128 Å². The first kappa shape index (κ1) is 33.0. The quantitative estimate of drug-likeness (QED) is 0.0973. The van der Waals surface area contributed by atoms with Crippen molar-refractivity contribution in [3.05, 3.63) is 108 Å². The molecule has 10 nitrogen and oxygen atoms in total. The molecule has 240 valence electrons. The lowest BCUT2D eigenvalue weighted by Gasteiger charge is -2.14. The summed E-state index contributed by atoms with van der Waals surface area (Å²) in [5.74, 6) is 0.606. The summed E-state index contributed by atoms with van der Waals surface area (Å²) in [5, 5.41) is 8.56. The summed E-state index contributed by atoms with van der Waals surface area (Å²) in [6.45, 7) is 1.81. The summed E-state index contributed by atoms with van der Waals surface area (Å²) in [6.07, 6.45) is 1.53. The molecule has 3 amide bonds. The number of amides is 3. The van der Waals surface area contributed by atoms with Crippen molar-refractivity contribution in [2.24, 2.45) is 0 Å². The van der Waals surface area contributed by atoms with Crippen LogP contribution in [0.1, 0.15) is 22.8 Å². The predicted molar refractivity (Wildman–Crippen MR) is 187 cm³/mol. The number of aromatic nitrogens is 1. The van der Waals surface area contributed by atoms with E-state index in [1.807, 2.05) is 37.3 Å². The summed E-state index contributed by atoms with van der Waals surface area (Å²) in [7, 11) is 4.66. The highest BCUT2D eigenvalue weighted by molar-refractivity contribution is 8.00. The number of thiazole rings is 1. The molecule has 47 heavy (non-hydrogen) atoms. The van der Waals surface area contributed by atoms with Crippen LogP contribution in [-0.4, -0.2) is 49.3 Å². The first-order chi connectivity index (χ1) is 22.8. The van der Waals surface area contributed by atoms with Gasteiger partial charge in [0.05, 0.1) is 36.8 Å². The molecule has 0 aliphatic carbocycles. The van der Waals surface area contributed by atoms with Gasteiger partial charge in [-0.05, 0) is 85.8 Å². The molecule has 3 N–H and O–H groups in total. The molecule has 5 rings (SSSR count). The average Bonchev–Trinajstić information content (AvgIpc) is 3.50. The van der Waals surface area contributed by atoms with Gasteiger partial charge in [-0.2, -0.15) is 0 Å². The van der Waals surface area contributed by atoms with Gasteiger partial charge in [0, 0.05) is 21.7 Å². The number of anilines is 2. The van der Waals surface area contributed by atoms with Crippen LogP contribution in [-0.2, 0) is 9.59 Å². The molecule has 0 bridgehead atoms. The number of ether oxygens (including phenoxy) is 3. The Morgan fingerprint density at radius 1 is 0.830 bits per heavy atom. The van der Waals surface area contributed by atoms with Crippen LogP contribution in [0.15, 0.2) is 102 Å². The third-order valence-corrected chi connectivity index (χ3v) is 8.93. The molecule has 1 heterocycles. The summed E-state index contributed by atoms with van der Waals surface area (Å²) < 4.78 is 17.0. The van der Waals surface area contributed by atoms with Crippen LogP contribution in [0.25, 0.3) is 16.3 Å². The van der Waals surface area contributed by atoms with E-state index in [2.05, 4.69) is 20.9 Å². The smallest absolute Gasteiger partial charge is 0.272 e. The first-order valence-corrected chi connectivity index (χ1v) is 16.1. The van der Waals surface area contributed by atoms with Crippen molar-refractivity contribution in [2.45, 2.75) is 17.1 Å². The van der Waals surface area contributed by atoms with Gasteiger partial charge in [0.1, 0.15) is 22.9 Å². The van der Waals surface area contributed by atoms with Crippen molar-refractivity contribution in [3.8, 4) is 17.2 Å². The van der Waals surface area contributed by atoms with E-state index in [-0.39, 0.29) is 11.6 Å². The van der Waals surface area contributed by atoms with E-state index in [4.69, 9.17) is 14.2 Å². The molecule has 0 saturated carbocycles. The lowest BCUT2D eigenvalue weighted by molar-refractivity contribution is -0.115. The van der Waals surface area contributed by atoms with Crippen LogP contribution < -0.4 is 30.2 Å². The molecule has 1 unspecified atom stereocenters. The van der Waals surface area contributed by atoms with Crippen LogP contribution in [0.2, 0.25) is 0 Å². The third-order valence-electron chi connectivity index (χ3n) is 6.89. The molecule has 0 fully saturated rings. The number of nitrogens with zero attached hydrogens (tertiary/aromatic N) is 1. The van der Waals surface area contributed by atoms with Crippen molar-refractivity contribution in [1.29, 1.82) is 0 Å². The fraction of sp³-hybridized carbons (Fsp3) is 0.143. The number of benzene rings is 4. The molecular formula is C35H32N4O6S2. The molecule has 5 aromatic rings. The van der Waals surface area contributed by atoms with Gasteiger partial charge in [0.15, 0.2) is 5.13 Å². The zero-order chi connectivity index (χ0) is 33.3. The fourth-order valence-electron chi connectivity index (χ4n) is 4.42. The normalized spacial score (nSPS) is 11.8. The Morgan fingerprint density at radius 3 is 2.23 bits per heavy atom. The highest BCUT2D eigenvalue weighted by Gasteiger charge is 2.19. The van der Waals surface area contributed by atoms with Crippen LogP contribution >= 0.6 is 23.1 Å². The van der Waals surface area contributed by atoms with Gasteiger partial charge in [-0.25, -0.2) is 4.98 Å². The number of carbonyl (C=O) groups is 3. The molecule has 0 saturated heterocycles. The number of carbonyl (C=O) groups excluding carboxylic acids is 3. The Morgan fingerprint density at radius 2 is 1.53 bits per heavy atom. The highest BCUT2D eigenvalue weighted by atomic mass is 32.2. The van der Waals surface area contributed by atoms with Gasteiger partial charge >= 0.3 is 0 Å². The Hall–Kier alpha value is -5.33. The maximum atomic E-state index is 13.5. The van der Waals surface area contributed by atoms with E-state index < -0.39 is 17.1 Å². The van der Waals surface area contributed by atoms with Crippen molar-refractivity contribution in [3.63, 3.8) is 0 Å². The van der Waals surface area contributed by atoms with Gasteiger partial charge in [0.25, 0.3) is 11.8 Å². The van der Waals surface area contributed by atoms with Crippen LogP contribution in [0.3, 0.4) is 0 Å². The van der Waals surface area contributed by atoms with E-state index in [0.717, 1.165) is 20.9 Å². The number of rotatable bonds is 12. The number of nitrogens with one attached hydrogen (secondary N) is 3. The minimum Gasteiger partial charge on any atom is -0.497 e. The van der Waals surface area contributed by atoms with Crippen molar-refractivity contribution in [1.82, 2.24) is 10.3 Å². The molecule has 0 spiro atoms. The maximum absolute atomic E-state index is 13.5. The lowest BCUT2D eigenvalue weighted by Crippen LogP contribution is -2.30. The van der Waals surface area contributed by atoms with E-state index in [1.54, 1.807) is 67.8 Å². The number of thioether (sulfide) groups is 1. The Bertz CT molecular complexity index is 1930. The minimum absolute atomic E-state index is 0.00226. The Balaban J connectivity index is 1.27. The Kier molecular flexibility index (Phi) is 10.8. The lowest BCUT2D eigenvalue weighted by atomic mass is 10.1. The number of methoxy groups -OCH3 is 3. The SMILES string of the molecule is COc1ccc(OC)c(/C=C(\NC(=O)c2ccccc2)C(=O)Nc2ccc(SC(C)C(=O)Nc3nc4ccc(OC)cc4s3)cc2)c1. The maximum Gasteiger partial charge on any atom is 0.272 e. The molecule has 4 aromatic carbocycles. The minimum atomic E-state index is -0.541. The zero-order valence-electron chi connectivity index (χ0n) is 26.0. The number of hydrogen-bond donors (Lipinski definition) is 3. The predicted octanol–water partition coefficient (Wildman–Crippen LogP) is 6.85. The molecule has 1 aromatic heterocycles. The van der Waals surface area contributed by atoms with Crippen molar-refractivity contribution < 1.29 is 28.6 Å². The van der Waals surface area contributed by atoms with Crippen LogP contribution in [0, 0.1) is 0 Å². The second-order valence-electron chi connectivity index (χ2n) is 10.1. The van der Waals surface area contributed by atoms with Crippen LogP contribution in [0.5, 0.6) is 17.2 Å². The number of fused-ring (bicyclic) bond motifs is 1. The summed E-state index contributed by atoms with van der Waals surface area (Å²) in [6, 6.07) is 26.4. The summed E-state index contributed by atoms with van der Waals surface area (Å²) >= 11 is 2.75. The average molecular weight is 669 g/mol. The highest BCUT2D eigenvalue weighted by Crippen LogP contribution is 2.31. The Labute approximate surface area is 280 Å². The van der Waals surface area contributed by atoms with Crippen molar-refractivity contribution >= 4 is 67.9 Å². The standard InChI is InChI=1S/C35H32N4O6S2/c1-21(32(40)39-35-38-28-16-12-26(44-3)20-31(28)47-35)46-27-14-10-24(11-15-27)36-34(42)29(37-33(41)22-8-6-5-7-9-22)19-23-18-25(43-2)13-17-30(23)45-4/h5-21H,1-4H3,(H,36,42)(H,37,41)(H,38,39,40)/b29-19-. The second kappa shape index (κ2) is 15.3. The van der Waals surface area contributed by atoms with E-state index in [9.17, 15) is 14.4 Å². The van der Waals surface area contributed by atoms with Crippen molar-refractivity contribution in [2.75, 3.05) is 32.0 Å². The van der Waals surface area contributed by atoms with Gasteiger partial charge in [-0.3, -0.25) is 14.4 Å². The van der Waals surface area contributed by atoms with Gasteiger partial charge in [0.2, 0.25) is 5.91 Å². The molecule has 0 radical (unpaired) electrons. The first-order valence-electron chi connectivity index (χ1n) is 14.4. The largest absolute Gasteiger partial charge is 0.497 e. The van der Waals surface area contributed by atoms with Crippen LogP contribution in [0.4, 0.5) is 10.8 Å². The summed E-state index contributed by atoms with van der Waals surface area (Å²) in [5.41, 5.74) is 2.22. The van der Waals surface area contributed by atoms with Gasteiger partial charge < -0.3 is 30.2 Å². The monoisotopic (exact) mass is 668 g/mol. The zero-order valence-corrected chi connectivity index (χ0v) is 27.7. The van der Waals surface area contributed by atoms with E-state index in [1.165, 1.54) is 43.4 Å². The van der Waals surface area contributed by atoms with Gasteiger partial charge in [-0.15, -0.1) is 11.8 Å². The molecule has 12 heteroatoms. The molecule has 0 aliphatic rings.